The summed E-state index contributed by atoms with van der Waals surface area (Å²) >= 11 is 0. The van der Waals surface area contributed by atoms with Crippen molar-refractivity contribution in [3.8, 4) is 11.5 Å². The van der Waals surface area contributed by atoms with Crippen molar-refractivity contribution >= 4 is 11.9 Å². The number of rotatable bonds is 4. The summed E-state index contributed by atoms with van der Waals surface area (Å²) in [7, 11) is 3.34. The summed E-state index contributed by atoms with van der Waals surface area (Å²) in [5, 5.41) is 3.16. The van der Waals surface area contributed by atoms with Crippen molar-refractivity contribution in [2.24, 2.45) is 5.92 Å². The summed E-state index contributed by atoms with van der Waals surface area (Å²) in [6.45, 7) is 3.33. The Balaban J connectivity index is 1.44. The van der Waals surface area contributed by atoms with Gasteiger partial charge in [-0.1, -0.05) is 30.3 Å². The van der Waals surface area contributed by atoms with Gasteiger partial charge in [-0.15, -0.1) is 0 Å². The van der Waals surface area contributed by atoms with Gasteiger partial charge in [-0.2, -0.15) is 0 Å². The second kappa shape index (κ2) is 9.20. The molecule has 0 unspecified atom stereocenters. The number of urea groups is 1. The first-order valence-corrected chi connectivity index (χ1v) is 12.2. The van der Waals surface area contributed by atoms with Gasteiger partial charge in [0.05, 0.1) is 32.2 Å². The summed E-state index contributed by atoms with van der Waals surface area (Å²) < 4.78 is 11.4. The van der Waals surface area contributed by atoms with E-state index in [0.717, 1.165) is 47.5 Å². The number of nitrogens with zero attached hydrogens (tertiary/aromatic N) is 2. The van der Waals surface area contributed by atoms with Crippen LogP contribution < -0.4 is 14.8 Å². The van der Waals surface area contributed by atoms with Crippen molar-refractivity contribution in [2.75, 3.05) is 27.3 Å². The maximum atomic E-state index is 13.7. The highest BCUT2D eigenvalue weighted by Gasteiger charge is 2.49. The van der Waals surface area contributed by atoms with Crippen molar-refractivity contribution in [3.05, 3.63) is 59.2 Å². The second-order valence-corrected chi connectivity index (χ2v) is 9.49. The van der Waals surface area contributed by atoms with Gasteiger partial charge in [0.2, 0.25) is 5.91 Å². The number of methoxy groups -OCH3 is 2. The van der Waals surface area contributed by atoms with Crippen molar-refractivity contribution < 1.29 is 19.1 Å². The van der Waals surface area contributed by atoms with E-state index in [9.17, 15) is 9.59 Å². The van der Waals surface area contributed by atoms with E-state index in [1.165, 1.54) is 0 Å². The number of hydrogen-bond acceptors (Lipinski definition) is 4. The molecule has 0 radical (unpaired) electrons. The van der Waals surface area contributed by atoms with Gasteiger partial charge < -0.3 is 24.6 Å². The van der Waals surface area contributed by atoms with Crippen LogP contribution in [0.2, 0.25) is 0 Å². The van der Waals surface area contributed by atoms with Crippen LogP contribution in [-0.4, -0.2) is 55.1 Å². The van der Waals surface area contributed by atoms with Crippen molar-refractivity contribution in [2.45, 2.75) is 50.7 Å². The zero-order valence-corrected chi connectivity index (χ0v) is 20.1. The number of carbonyl (C=O) groups is 2. The molecule has 0 aromatic heterocycles. The van der Waals surface area contributed by atoms with E-state index in [2.05, 4.69) is 5.32 Å². The maximum absolute atomic E-state index is 13.7. The molecule has 34 heavy (non-hydrogen) atoms. The topological polar surface area (TPSA) is 71.1 Å². The van der Waals surface area contributed by atoms with E-state index < -0.39 is 0 Å². The van der Waals surface area contributed by atoms with Crippen LogP contribution in [0.25, 0.3) is 0 Å². The predicted octanol–water partition coefficient (Wildman–Crippen LogP) is 4.08. The fourth-order valence-corrected chi connectivity index (χ4v) is 6.09. The van der Waals surface area contributed by atoms with Crippen LogP contribution >= 0.6 is 0 Å². The summed E-state index contributed by atoms with van der Waals surface area (Å²) in [6.07, 6.45) is 3.12. The average molecular weight is 464 g/mol. The first-order valence-electron chi connectivity index (χ1n) is 12.2. The van der Waals surface area contributed by atoms with Crippen molar-refractivity contribution in [1.82, 2.24) is 15.1 Å². The number of nitrogens with one attached hydrogen (secondary N) is 1. The minimum atomic E-state index is -0.152. The van der Waals surface area contributed by atoms with Gasteiger partial charge in [-0.3, -0.25) is 4.79 Å². The van der Waals surface area contributed by atoms with Gasteiger partial charge >= 0.3 is 6.03 Å². The molecule has 2 saturated heterocycles. The minimum Gasteiger partial charge on any atom is -0.496 e. The van der Waals surface area contributed by atoms with Gasteiger partial charge in [-0.25, -0.2) is 4.79 Å². The molecule has 2 aromatic rings. The normalized spacial score (nSPS) is 24.4. The Kier molecular flexibility index (Phi) is 6.11. The highest BCUT2D eigenvalue weighted by Crippen LogP contribution is 2.48. The van der Waals surface area contributed by atoms with Crippen LogP contribution in [0.3, 0.4) is 0 Å². The lowest BCUT2D eigenvalue weighted by Crippen LogP contribution is -2.61. The molecule has 3 amide bonds. The average Bonchev–Trinajstić information content (AvgIpc) is 2.88. The maximum Gasteiger partial charge on any atom is 0.318 e. The zero-order chi connectivity index (χ0) is 23.8. The van der Waals surface area contributed by atoms with Crippen LogP contribution in [0.4, 0.5) is 4.79 Å². The molecule has 0 bridgehead atoms. The number of hydrogen-bond donors (Lipinski definition) is 1. The minimum absolute atomic E-state index is 0.0963. The monoisotopic (exact) mass is 463 g/mol. The Bertz CT molecular complexity index is 1070. The lowest BCUT2D eigenvalue weighted by atomic mass is 9.75. The molecule has 1 N–H and O–H groups in total. The second-order valence-electron chi connectivity index (χ2n) is 9.49. The molecule has 7 heteroatoms. The van der Waals surface area contributed by atoms with Crippen LogP contribution in [0.5, 0.6) is 11.5 Å². The lowest BCUT2D eigenvalue weighted by Gasteiger charge is -2.51. The molecule has 2 fully saturated rings. The van der Waals surface area contributed by atoms with Gasteiger partial charge in [0, 0.05) is 30.3 Å². The zero-order valence-electron chi connectivity index (χ0n) is 20.1. The summed E-state index contributed by atoms with van der Waals surface area (Å²) in [5.41, 5.74) is 3.20. The number of likely N-dealkylation sites (tertiary alicyclic amines) is 1. The Hall–Kier alpha value is -3.22. The molecule has 0 aliphatic carbocycles. The standard InChI is InChI=1S/C27H33N3O4/c1-17(18-8-5-4-6-9-18)28-27(32)30-14-7-10-19-21(30)16-22-25-20(13-15-29(22)26(19)31)23(33-2)11-12-24(25)34-3/h4-6,8-9,11-12,17,19,21-22H,7,10,13-16H2,1-3H3,(H,28,32)/t17-,19-,21-,22-/m1/s1. The quantitative estimate of drug-likeness (QED) is 0.742. The molecule has 5 rings (SSSR count). The highest BCUT2D eigenvalue weighted by atomic mass is 16.5. The molecule has 2 aromatic carbocycles. The molecule has 3 aliphatic rings. The van der Waals surface area contributed by atoms with E-state index in [0.29, 0.717) is 19.5 Å². The van der Waals surface area contributed by atoms with Gasteiger partial charge in [0.1, 0.15) is 11.5 Å². The lowest BCUT2D eigenvalue weighted by molar-refractivity contribution is -0.148. The number of carbonyl (C=O) groups excluding carboxylic acids is 2. The molecule has 4 atom stereocenters. The number of piperidine rings is 2. The molecule has 3 heterocycles. The van der Waals surface area contributed by atoms with Crippen molar-refractivity contribution in [1.29, 1.82) is 0 Å². The predicted molar refractivity (Wildman–Crippen MR) is 129 cm³/mol. The highest BCUT2D eigenvalue weighted by molar-refractivity contribution is 5.84. The molecular weight excluding hydrogens is 430 g/mol. The summed E-state index contributed by atoms with van der Waals surface area (Å²) in [5.74, 6) is 1.62. The Morgan fingerprint density at radius 3 is 2.53 bits per heavy atom. The Morgan fingerprint density at radius 2 is 1.79 bits per heavy atom. The SMILES string of the molecule is COc1ccc(OC)c2c1CCN1C(=O)[C@@H]3CCCN(C(=O)N[C@H](C)c4ccccc4)[C@@H]3C[C@H]21. The van der Waals surface area contributed by atoms with E-state index in [1.807, 2.05) is 59.2 Å². The number of fused-ring (bicyclic) bond motifs is 4. The van der Waals surface area contributed by atoms with Crippen LogP contribution in [-0.2, 0) is 11.2 Å². The number of benzene rings is 2. The molecule has 0 saturated carbocycles. The van der Waals surface area contributed by atoms with Crippen molar-refractivity contribution in [3.63, 3.8) is 0 Å². The van der Waals surface area contributed by atoms with Crippen LogP contribution in [0.15, 0.2) is 42.5 Å². The summed E-state index contributed by atoms with van der Waals surface area (Å²) in [4.78, 5) is 31.0. The third kappa shape index (κ3) is 3.77. The Labute approximate surface area is 201 Å². The molecule has 3 aliphatic heterocycles. The third-order valence-corrected chi connectivity index (χ3v) is 7.77. The molecular formula is C27H33N3O4. The van der Waals surface area contributed by atoms with E-state index in [4.69, 9.17) is 9.47 Å². The largest absolute Gasteiger partial charge is 0.496 e. The molecule has 0 spiro atoms. The first-order chi connectivity index (χ1) is 16.5. The van der Waals surface area contributed by atoms with Gasteiger partial charge in [0.15, 0.2) is 0 Å². The number of ether oxygens (including phenoxy) is 2. The van der Waals surface area contributed by atoms with Crippen LogP contribution in [0, 0.1) is 5.92 Å². The Morgan fingerprint density at radius 1 is 1.06 bits per heavy atom. The fraction of sp³-hybridized carbons (Fsp3) is 0.481. The van der Waals surface area contributed by atoms with E-state index in [1.54, 1.807) is 14.2 Å². The van der Waals surface area contributed by atoms with E-state index >= 15 is 0 Å². The van der Waals surface area contributed by atoms with Gasteiger partial charge in [-0.05, 0) is 50.3 Å². The van der Waals surface area contributed by atoms with E-state index in [-0.39, 0.29) is 36.0 Å². The van der Waals surface area contributed by atoms with Crippen LogP contribution in [0.1, 0.15) is 55.0 Å². The summed E-state index contributed by atoms with van der Waals surface area (Å²) in [6, 6.07) is 13.4. The molecule has 180 valence electrons. The molecule has 7 nitrogen and oxygen atoms in total. The first kappa shape index (κ1) is 22.6. The smallest absolute Gasteiger partial charge is 0.318 e. The fourth-order valence-electron chi connectivity index (χ4n) is 6.09. The number of amides is 3. The third-order valence-electron chi connectivity index (χ3n) is 7.77. The van der Waals surface area contributed by atoms with Gasteiger partial charge in [0.25, 0.3) is 0 Å².